The maximum atomic E-state index is 6.39. The summed E-state index contributed by atoms with van der Waals surface area (Å²) in [4.78, 5) is 10.8. The molecule has 292 valence electrons. The van der Waals surface area contributed by atoms with Crippen molar-refractivity contribution < 1.29 is 4.42 Å². The van der Waals surface area contributed by atoms with Crippen LogP contribution in [-0.2, 0) is 0 Å². The highest BCUT2D eigenvalue weighted by molar-refractivity contribution is 6.38. The van der Waals surface area contributed by atoms with Crippen LogP contribution in [0.25, 0.3) is 132 Å². The lowest BCUT2D eigenvalue weighted by molar-refractivity contribution is 0.669. The fourth-order valence-electron chi connectivity index (χ4n) is 10.4. The van der Waals surface area contributed by atoms with Gasteiger partial charge < -0.3 is 8.98 Å². The second kappa shape index (κ2) is 13.0. The van der Waals surface area contributed by atoms with E-state index in [1.807, 2.05) is 12.1 Å². The van der Waals surface area contributed by atoms with E-state index in [1.54, 1.807) is 0 Å². The predicted molar refractivity (Wildman–Crippen MR) is 261 cm³/mol. The number of rotatable bonds is 4. The third-order valence-corrected chi connectivity index (χ3v) is 13.1. The molecule has 0 aliphatic carbocycles. The maximum absolute atomic E-state index is 6.39. The molecular weight excluding hydrogens is 769 g/mol. The Morgan fingerprint density at radius 2 is 0.921 bits per heavy atom. The van der Waals surface area contributed by atoms with Crippen molar-refractivity contribution >= 4 is 98.0 Å². The van der Waals surface area contributed by atoms with Crippen LogP contribution in [0.2, 0.25) is 0 Å². The Bertz CT molecular complexity index is 4190. The zero-order valence-corrected chi connectivity index (χ0v) is 33.8. The van der Waals surface area contributed by atoms with Gasteiger partial charge in [-0.1, -0.05) is 152 Å². The van der Waals surface area contributed by atoms with Crippen molar-refractivity contribution in [1.82, 2.24) is 19.1 Å². The summed E-state index contributed by atoms with van der Waals surface area (Å²) in [5.74, 6) is 0.620. The molecule has 0 amide bonds. The molecule has 0 unspecified atom stereocenters. The van der Waals surface area contributed by atoms with Gasteiger partial charge >= 0.3 is 0 Å². The van der Waals surface area contributed by atoms with E-state index in [0.29, 0.717) is 5.95 Å². The van der Waals surface area contributed by atoms with Gasteiger partial charge in [0.2, 0.25) is 5.95 Å². The highest BCUT2D eigenvalue weighted by atomic mass is 16.3. The molecule has 4 heterocycles. The van der Waals surface area contributed by atoms with Gasteiger partial charge in [-0.25, -0.2) is 9.97 Å². The molecule has 0 N–H and O–H groups in total. The summed E-state index contributed by atoms with van der Waals surface area (Å²) in [5.41, 5.74) is 12.4. The average Bonchev–Trinajstić information content (AvgIpc) is 4.02. The summed E-state index contributed by atoms with van der Waals surface area (Å²) in [6, 6.07) is 73.7. The van der Waals surface area contributed by atoms with Gasteiger partial charge in [-0.3, -0.25) is 4.57 Å². The number of benzene rings is 10. The summed E-state index contributed by atoms with van der Waals surface area (Å²) < 4.78 is 11.1. The van der Waals surface area contributed by atoms with Crippen LogP contribution in [0.15, 0.2) is 211 Å². The monoisotopic (exact) mass is 802 g/mol. The number of para-hydroxylation sites is 3. The van der Waals surface area contributed by atoms with Crippen LogP contribution in [0, 0.1) is 0 Å². The minimum Gasteiger partial charge on any atom is -0.456 e. The van der Waals surface area contributed by atoms with Gasteiger partial charge in [-0.2, -0.15) is 0 Å². The Morgan fingerprint density at radius 3 is 1.73 bits per heavy atom. The molecule has 14 aromatic rings. The van der Waals surface area contributed by atoms with E-state index in [2.05, 4.69) is 203 Å². The lowest BCUT2D eigenvalue weighted by atomic mass is 9.95. The lowest BCUT2D eigenvalue weighted by Crippen LogP contribution is -2.03. The zero-order valence-electron chi connectivity index (χ0n) is 33.8. The van der Waals surface area contributed by atoms with Crippen molar-refractivity contribution in [2.24, 2.45) is 0 Å². The predicted octanol–water partition coefficient (Wildman–Crippen LogP) is 15.4. The number of aromatic nitrogens is 4. The first-order valence-electron chi connectivity index (χ1n) is 21.4. The number of hydrogen-bond acceptors (Lipinski definition) is 3. The largest absolute Gasteiger partial charge is 0.456 e. The molecule has 0 saturated carbocycles. The van der Waals surface area contributed by atoms with E-state index in [9.17, 15) is 0 Å². The Balaban J connectivity index is 1.09. The third kappa shape index (κ3) is 4.87. The first-order valence-corrected chi connectivity index (χ1v) is 21.4. The molecule has 14 rings (SSSR count). The van der Waals surface area contributed by atoms with Gasteiger partial charge in [0.1, 0.15) is 11.2 Å². The van der Waals surface area contributed by atoms with Crippen molar-refractivity contribution in [3.8, 4) is 34.0 Å². The van der Waals surface area contributed by atoms with E-state index in [0.717, 1.165) is 71.7 Å². The van der Waals surface area contributed by atoms with Crippen molar-refractivity contribution in [3.05, 3.63) is 206 Å². The average molecular weight is 803 g/mol. The van der Waals surface area contributed by atoms with Crippen LogP contribution in [-0.4, -0.2) is 19.1 Å². The normalized spacial score (nSPS) is 12.1. The molecule has 0 bridgehead atoms. The zero-order chi connectivity index (χ0) is 41.2. The highest BCUT2D eigenvalue weighted by Crippen LogP contribution is 2.47. The minimum atomic E-state index is 0.620. The van der Waals surface area contributed by atoms with Gasteiger partial charge in [-0.15, -0.1) is 0 Å². The van der Waals surface area contributed by atoms with Crippen molar-refractivity contribution in [1.29, 1.82) is 0 Å². The molecule has 0 saturated heterocycles. The molecule has 0 atom stereocenters. The van der Waals surface area contributed by atoms with E-state index in [-0.39, 0.29) is 0 Å². The topological polar surface area (TPSA) is 48.8 Å². The molecule has 5 nitrogen and oxygen atoms in total. The summed E-state index contributed by atoms with van der Waals surface area (Å²) in [6.45, 7) is 0. The molecule has 0 spiro atoms. The molecule has 0 fully saturated rings. The molecular formula is C58H34N4O. The Kier molecular flexibility index (Phi) is 7.05. The summed E-state index contributed by atoms with van der Waals surface area (Å²) in [6.07, 6.45) is 0. The summed E-state index contributed by atoms with van der Waals surface area (Å²) in [5, 5.41) is 12.9. The molecule has 0 aliphatic rings. The van der Waals surface area contributed by atoms with Gasteiger partial charge in [0.25, 0.3) is 0 Å². The summed E-state index contributed by atoms with van der Waals surface area (Å²) >= 11 is 0. The second-order valence-electron chi connectivity index (χ2n) is 16.5. The van der Waals surface area contributed by atoms with Crippen LogP contribution in [0.3, 0.4) is 0 Å². The summed E-state index contributed by atoms with van der Waals surface area (Å²) in [7, 11) is 0. The molecule has 4 aromatic heterocycles. The number of fused-ring (bicyclic) bond motifs is 16. The lowest BCUT2D eigenvalue weighted by Gasteiger charge is -2.13. The SMILES string of the molecule is c1ccc(-c2ccc(-n3c4ccc5c(c6ccccc6n5-c5nc(-c6ccc7c(c6)oc6ccccc67)c6ccccc6n5)c4c4c5ccccc5c5ccccc5c43)cc2)cc1. The third-order valence-electron chi connectivity index (χ3n) is 13.1. The highest BCUT2D eigenvalue weighted by Gasteiger charge is 2.25. The first kappa shape index (κ1) is 34.2. The quantitative estimate of drug-likeness (QED) is 0.167. The van der Waals surface area contributed by atoms with Gasteiger partial charge in [0.15, 0.2) is 0 Å². The van der Waals surface area contributed by atoms with Crippen LogP contribution in [0.4, 0.5) is 0 Å². The minimum absolute atomic E-state index is 0.620. The number of furan rings is 1. The molecule has 5 heteroatoms. The Labute approximate surface area is 360 Å². The van der Waals surface area contributed by atoms with Crippen molar-refractivity contribution in [3.63, 3.8) is 0 Å². The molecule has 0 aliphatic heterocycles. The standard InChI is InChI=1S/C58H34N4O/c1-2-14-35(15-3-1)36-26-29-38(30-27-36)61-50-33-32-49-53(55(50)54-43-19-6-4-16-39(43)40-17-5-7-20-44(40)57(54)61)46-22-9-12-24-48(46)62(49)58-59-47-23-11-8-21-45(47)56(60-58)37-28-31-42-41-18-10-13-25-51(41)63-52(42)34-37/h1-34H. The second-order valence-corrected chi connectivity index (χ2v) is 16.5. The van der Waals surface area contributed by atoms with Crippen LogP contribution < -0.4 is 0 Å². The fourth-order valence-corrected chi connectivity index (χ4v) is 10.4. The fraction of sp³-hybridized carbons (Fsp3) is 0. The van der Waals surface area contributed by atoms with E-state index in [4.69, 9.17) is 14.4 Å². The van der Waals surface area contributed by atoms with Crippen LogP contribution in [0.5, 0.6) is 0 Å². The van der Waals surface area contributed by atoms with Crippen molar-refractivity contribution in [2.75, 3.05) is 0 Å². The number of hydrogen-bond donors (Lipinski definition) is 0. The van der Waals surface area contributed by atoms with Gasteiger partial charge in [0, 0.05) is 54.3 Å². The van der Waals surface area contributed by atoms with E-state index < -0.39 is 0 Å². The molecule has 63 heavy (non-hydrogen) atoms. The molecule has 0 radical (unpaired) electrons. The maximum Gasteiger partial charge on any atom is 0.235 e. The van der Waals surface area contributed by atoms with Crippen LogP contribution in [0.1, 0.15) is 0 Å². The Hall–Kier alpha value is -8.54. The van der Waals surface area contributed by atoms with Gasteiger partial charge in [-0.05, 0) is 81.9 Å². The first-order chi connectivity index (χ1) is 31.3. The van der Waals surface area contributed by atoms with Gasteiger partial charge in [0.05, 0.1) is 33.3 Å². The smallest absolute Gasteiger partial charge is 0.235 e. The molecule has 10 aromatic carbocycles. The Morgan fingerprint density at radius 1 is 0.333 bits per heavy atom. The van der Waals surface area contributed by atoms with E-state index >= 15 is 0 Å². The van der Waals surface area contributed by atoms with Crippen LogP contribution >= 0.6 is 0 Å². The van der Waals surface area contributed by atoms with E-state index in [1.165, 1.54) is 54.3 Å². The van der Waals surface area contributed by atoms with Crippen molar-refractivity contribution in [2.45, 2.75) is 0 Å². The number of nitrogens with zero attached hydrogens (tertiary/aromatic N) is 4.